The average Bonchev–Trinajstić information content (AvgIpc) is 3.39. The Balaban J connectivity index is 1.26. The van der Waals surface area contributed by atoms with Crippen molar-refractivity contribution in [3.05, 3.63) is 66.7 Å². The highest BCUT2D eigenvalue weighted by Gasteiger charge is 2.14. The molecule has 4 rings (SSSR count). The van der Waals surface area contributed by atoms with Crippen molar-refractivity contribution in [3.8, 4) is 17.3 Å². The van der Waals surface area contributed by atoms with Crippen LogP contribution >= 0.6 is 0 Å². The van der Waals surface area contributed by atoms with Gasteiger partial charge in [-0.1, -0.05) is 23.4 Å². The van der Waals surface area contributed by atoms with E-state index >= 15 is 0 Å². The molecule has 0 saturated carbocycles. The second kappa shape index (κ2) is 7.74. The number of carbonyl (C=O) groups excluding carboxylic acids is 1. The Bertz CT molecular complexity index is 1040. The third kappa shape index (κ3) is 3.82. The number of para-hydroxylation sites is 1. The van der Waals surface area contributed by atoms with Gasteiger partial charge in [-0.3, -0.25) is 9.78 Å². The van der Waals surface area contributed by atoms with Crippen LogP contribution in [0, 0.1) is 0 Å². The van der Waals surface area contributed by atoms with Crippen LogP contribution in [0.3, 0.4) is 0 Å². The standard InChI is InChI=1S/C20H17N3O4/c24-20(15-13-18(27-23-15)16-8-3-11-25-16)22-10-4-12-26-17-7-1-5-14-6-2-9-21-19(14)17/h1-3,5-9,11,13H,4,10,12H2,(H,22,24). The first-order valence-corrected chi connectivity index (χ1v) is 8.56. The average molecular weight is 363 g/mol. The smallest absolute Gasteiger partial charge is 0.273 e. The molecule has 0 aliphatic carbocycles. The Hall–Kier alpha value is -3.61. The lowest BCUT2D eigenvalue weighted by molar-refractivity contribution is 0.0942. The molecule has 3 heterocycles. The summed E-state index contributed by atoms with van der Waals surface area (Å²) in [5.41, 5.74) is 1.04. The normalized spacial score (nSPS) is 10.8. The fraction of sp³-hybridized carbons (Fsp3) is 0.150. The number of pyridine rings is 1. The Kier molecular flexibility index (Phi) is 4.82. The molecule has 0 unspecified atom stereocenters. The number of rotatable bonds is 7. The van der Waals surface area contributed by atoms with E-state index in [0.29, 0.717) is 31.1 Å². The molecule has 3 aromatic heterocycles. The number of benzene rings is 1. The molecule has 1 amide bonds. The van der Waals surface area contributed by atoms with Crippen molar-refractivity contribution in [2.24, 2.45) is 0 Å². The Morgan fingerprint density at radius 3 is 2.93 bits per heavy atom. The second-order valence-electron chi connectivity index (χ2n) is 5.84. The fourth-order valence-corrected chi connectivity index (χ4v) is 2.66. The number of nitrogens with one attached hydrogen (secondary N) is 1. The molecule has 136 valence electrons. The van der Waals surface area contributed by atoms with Crippen LogP contribution in [0.5, 0.6) is 5.75 Å². The summed E-state index contributed by atoms with van der Waals surface area (Å²) < 4.78 is 16.1. The molecule has 27 heavy (non-hydrogen) atoms. The maximum Gasteiger partial charge on any atom is 0.273 e. The minimum atomic E-state index is -0.302. The van der Waals surface area contributed by atoms with Gasteiger partial charge in [-0.2, -0.15) is 0 Å². The molecule has 1 N–H and O–H groups in total. The molecule has 0 aliphatic rings. The number of nitrogens with zero attached hydrogens (tertiary/aromatic N) is 2. The lowest BCUT2D eigenvalue weighted by Crippen LogP contribution is -2.25. The molecule has 0 fully saturated rings. The van der Waals surface area contributed by atoms with E-state index in [9.17, 15) is 4.79 Å². The number of ether oxygens (including phenoxy) is 1. The maximum absolute atomic E-state index is 12.1. The third-order valence-corrected chi connectivity index (χ3v) is 3.97. The van der Waals surface area contributed by atoms with Gasteiger partial charge in [0.2, 0.25) is 5.76 Å². The van der Waals surface area contributed by atoms with Crippen molar-refractivity contribution in [3.63, 3.8) is 0 Å². The van der Waals surface area contributed by atoms with Crippen molar-refractivity contribution in [1.29, 1.82) is 0 Å². The molecular weight excluding hydrogens is 346 g/mol. The Morgan fingerprint density at radius 2 is 2.04 bits per heavy atom. The lowest BCUT2D eigenvalue weighted by atomic mass is 10.2. The highest BCUT2D eigenvalue weighted by Crippen LogP contribution is 2.23. The van der Waals surface area contributed by atoms with Gasteiger partial charge in [-0.25, -0.2) is 0 Å². The van der Waals surface area contributed by atoms with Gasteiger partial charge in [0.1, 0.15) is 11.3 Å². The summed E-state index contributed by atoms with van der Waals surface area (Å²) in [6.45, 7) is 0.923. The van der Waals surface area contributed by atoms with Crippen LogP contribution in [0.4, 0.5) is 0 Å². The van der Waals surface area contributed by atoms with Crippen molar-refractivity contribution in [2.75, 3.05) is 13.2 Å². The number of fused-ring (bicyclic) bond motifs is 1. The first-order valence-electron chi connectivity index (χ1n) is 8.56. The predicted molar refractivity (Wildman–Crippen MR) is 98.4 cm³/mol. The van der Waals surface area contributed by atoms with Gasteiger partial charge in [0.25, 0.3) is 5.91 Å². The highest BCUT2D eigenvalue weighted by atomic mass is 16.5. The van der Waals surface area contributed by atoms with Crippen LogP contribution in [-0.4, -0.2) is 29.2 Å². The zero-order valence-electron chi connectivity index (χ0n) is 14.4. The third-order valence-electron chi connectivity index (χ3n) is 3.97. The fourth-order valence-electron chi connectivity index (χ4n) is 2.66. The van der Waals surface area contributed by atoms with E-state index in [0.717, 1.165) is 16.7 Å². The zero-order chi connectivity index (χ0) is 18.5. The van der Waals surface area contributed by atoms with Gasteiger partial charge in [0, 0.05) is 24.2 Å². The summed E-state index contributed by atoms with van der Waals surface area (Å²) in [7, 11) is 0. The number of carbonyl (C=O) groups is 1. The Morgan fingerprint density at radius 1 is 1.11 bits per heavy atom. The van der Waals surface area contributed by atoms with Crippen molar-refractivity contribution in [2.45, 2.75) is 6.42 Å². The van der Waals surface area contributed by atoms with E-state index < -0.39 is 0 Å². The van der Waals surface area contributed by atoms with Crippen LogP contribution in [0.15, 0.2) is 69.9 Å². The van der Waals surface area contributed by atoms with Gasteiger partial charge in [-0.05, 0) is 30.7 Å². The summed E-state index contributed by atoms with van der Waals surface area (Å²) in [6.07, 6.45) is 3.92. The minimum Gasteiger partial charge on any atom is -0.491 e. The lowest BCUT2D eigenvalue weighted by Gasteiger charge is -2.08. The van der Waals surface area contributed by atoms with E-state index in [2.05, 4.69) is 15.5 Å². The van der Waals surface area contributed by atoms with Crippen molar-refractivity contribution >= 4 is 16.8 Å². The monoisotopic (exact) mass is 363 g/mol. The molecule has 4 aromatic rings. The molecular formula is C20H17N3O4. The van der Waals surface area contributed by atoms with Crippen molar-refractivity contribution < 1.29 is 18.5 Å². The van der Waals surface area contributed by atoms with E-state index in [1.165, 1.54) is 6.26 Å². The van der Waals surface area contributed by atoms with E-state index in [1.807, 2.05) is 30.3 Å². The number of furan rings is 1. The van der Waals surface area contributed by atoms with Crippen molar-refractivity contribution in [1.82, 2.24) is 15.5 Å². The number of amides is 1. The summed E-state index contributed by atoms with van der Waals surface area (Å²) in [4.78, 5) is 16.5. The van der Waals surface area contributed by atoms with Crippen LogP contribution in [0.1, 0.15) is 16.9 Å². The summed E-state index contributed by atoms with van der Waals surface area (Å²) in [5, 5.41) is 7.59. The van der Waals surface area contributed by atoms with E-state index in [1.54, 1.807) is 24.4 Å². The number of hydrogen-bond donors (Lipinski definition) is 1. The molecule has 0 atom stereocenters. The molecule has 0 saturated heterocycles. The topological polar surface area (TPSA) is 90.4 Å². The zero-order valence-corrected chi connectivity index (χ0v) is 14.4. The molecule has 0 radical (unpaired) electrons. The molecule has 1 aromatic carbocycles. The predicted octanol–water partition coefficient (Wildman–Crippen LogP) is 3.68. The van der Waals surface area contributed by atoms with Crippen LogP contribution in [-0.2, 0) is 0 Å². The molecule has 0 spiro atoms. The number of hydrogen-bond acceptors (Lipinski definition) is 6. The summed E-state index contributed by atoms with van der Waals surface area (Å²) in [6, 6.07) is 14.7. The summed E-state index contributed by atoms with van der Waals surface area (Å²) >= 11 is 0. The van der Waals surface area contributed by atoms with Gasteiger partial charge in [0.15, 0.2) is 11.5 Å². The molecule has 0 aliphatic heterocycles. The van der Waals surface area contributed by atoms with Gasteiger partial charge >= 0.3 is 0 Å². The first kappa shape index (κ1) is 16.8. The Labute approximate surface area is 154 Å². The van der Waals surface area contributed by atoms with E-state index in [4.69, 9.17) is 13.7 Å². The van der Waals surface area contributed by atoms with E-state index in [-0.39, 0.29) is 11.6 Å². The van der Waals surface area contributed by atoms with Gasteiger partial charge in [-0.15, -0.1) is 0 Å². The largest absolute Gasteiger partial charge is 0.491 e. The van der Waals surface area contributed by atoms with Gasteiger partial charge in [0.05, 0.1) is 12.9 Å². The second-order valence-corrected chi connectivity index (χ2v) is 5.84. The highest BCUT2D eigenvalue weighted by molar-refractivity contribution is 5.92. The molecule has 7 heteroatoms. The SMILES string of the molecule is O=C(NCCCOc1cccc2cccnc12)c1cc(-c2ccco2)on1. The number of aromatic nitrogens is 2. The maximum atomic E-state index is 12.1. The molecule has 7 nitrogen and oxygen atoms in total. The molecule has 0 bridgehead atoms. The first-order chi connectivity index (χ1) is 13.3. The van der Waals surface area contributed by atoms with Gasteiger partial charge < -0.3 is 19.0 Å². The summed E-state index contributed by atoms with van der Waals surface area (Å²) in [5.74, 6) is 1.37. The minimum absolute atomic E-state index is 0.209. The van der Waals surface area contributed by atoms with Crippen LogP contribution in [0.25, 0.3) is 22.4 Å². The van der Waals surface area contributed by atoms with Crippen LogP contribution in [0.2, 0.25) is 0 Å². The quantitative estimate of drug-likeness (QED) is 0.504. The van der Waals surface area contributed by atoms with Crippen LogP contribution < -0.4 is 10.1 Å².